The van der Waals surface area contributed by atoms with Crippen LogP contribution in [0.25, 0.3) is 11.0 Å². The zero-order chi connectivity index (χ0) is 17.3. The van der Waals surface area contributed by atoms with Gasteiger partial charge in [0.15, 0.2) is 0 Å². The molecule has 1 aliphatic rings. The van der Waals surface area contributed by atoms with E-state index in [-0.39, 0.29) is 17.6 Å². The number of nitrogens with one attached hydrogen (secondary N) is 1. The monoisotopic (exact) mass is 330 g/mol. The fourth-order valence-corrected chi connectivity index (χ4v) is 2.97. The first-order chi connectivity index (χ1) is 11.3. The number of amides is 1. The van der Waals surface area contributed by atoms with E-state index in [9.17, 15) is 9.59 Å². The van der Waals surface area contributed by atoms with E-state index in [2.05, 4.69) is 15.0 Å². The van der Waals surface area contributed by atoms with Crippen molar-refractivity contribution in [3.8, 4) is 0 Å². The van der Waals surface area contributed by atoms with Crippen molar-refractivity contribution in [3.63, 3.8) is 0 Å². The lowest BCUT2D eigenvalue weighted by molar-refractivity contribution is 0.0204. The van der Waals surface area contributed by atoms with Crippen molar-refractivity contribution >= 4 is 17.1 Å². The maximum atomic E-state index is 12.3. The molecule has 2 aromatic heterocycles. The van der Waals surface area contributed by atoms with Crippen molar-refractivity contribution in [2.75, 3.05) is 13.1 Å². The highest BCUT2D eigenvalue weighted by Gasteiger charge is 2.28. The minimum atomic E-state index is -0.497. The molecule has 2 aromatic rings. The molecule has 3 rings (SSSR count). The summed E-state index contributed by atoms with van der Waals surface area (Å²) < 4.78 is 5.40. The van der Waals surface area contributed by atoms with Gasteiger partial charge in [0.2, 0.25) is 0 Å². The van der Waals surface area contributed by atoms with Gasteiger partial charge in [-0.05, 0) is 45.6 Å². The summed E-state index contributed by atoms with van der Waals surface area (Å²) in [6.45, 7) is 6.74. The summed E-state index contributed by atoms with van der Waals surface area (Å²) in [4.78, 5) is 37.0. The number of pyridine rings is 1. The number of fused-ring (bicyclic) bond motifs is 1. The van der Waals surface area contributed by atoms with Gasteiger partial charge in [0.25, 0.3) is 5.56 Å². The lowest BCUT2D eigenvalue weighted by Gasteiger charge is -2.33. The van der Waals surface area contributed by atoms with E-state index in [0.29, 0.717) is 18.7 Å². The largest absolute Gasteiger partial charge is 0.444 e. The predicted octanol–water partition coefficient (Wildman–Crippen LogP) is 2.43. The number of aromatic nitrogens is 3. The third kappa shape index (κ3) is 3.55. The molecule has 0 bridgehead atoms. The smallest absolute Gasteiger partial charge is 0.410 e. The number of H-pyrrole nitrogens is 1. The molecule has 0 unspecified atom stereocenters. The van der Waals surface area contributed by atoms with E-state index in [1.807, 2.05) is 26.8 Å². The second-order valence-corrected chi connectivity index (χ2v) is 7.12. The number of piperidine rings is 1. The number of carbonyl (C=O) groups excluding carboxylic acids is 1. The molecule has 1 N–H and O–H groups in total. The standard InChI is InChI=1S/C17H22N4O3/c1-17(2,3)24-16(23)21-6-4-11(5-7-21)13-8-12-9-18-10-19-14(12)20-15(13)22/h8-11H,4-7H2,1-3H3,(H,18,19,20,22). The molecule has 7 heteroatoms. The highest BCUT2D eigenvalue weighted by Crippen LogP contribution is 2.27. The van der Waals surface area contributed by atoms with Gasteiger partial charge in [0.05, 0.1) is 0 Å². The van der Waals surface area contributed by atoms with Gasteiger partial charge in [-0.3, -0.25) is 4.79 Å². The van der Waals surface area contributed by atoms with E-state index in [4.69, 9.17) is 4.74 Å². The van der Waals surface area contributed by atoms with E-state index in [0.717, 1.165) is 23.8 Å². The minimum absolute atomic E-state index is 0.114. The Morgan fingerprint density at radius 2 is 2.04 bits per heavy atom. The van der Waals surface area contributed by atoms with Crippen molar-refractivity contribution in [1.82, 2.24) is 19.9 Å². The molecule has 1 amide bonds. The third-order valence-electron chi connectivity index (χ3n) is 4.13. The molecule has 3 heterocycles. The van der Waals surface area contributed by atoms with Crippen LogP contribution in [0.15, 0.2) is 23.4 Å². The van der Waals surface area contributed by atoms with Gasteiger partial charge >= 0.3 is 6.09 Å². The minimum Gasteiger partial charge on any atom is -0.444 e. The molecular formula is C17H22N4O3. The molecule has 0 atom stereocenters. The van der Waals surface area contributed by atoms with Gasteiger partial charge in [-0.15, -0.1) is 0 Å². The first-order valence-electron chi connectivity index (χ1n) is 8.14. The zero-order valence-electron chi connectivity index (χ0n) is 14.2. The molecule has 1 saturated heterocycles. The lowest BCUT2D eigenvalue weighted by Crippen LogP contribution is -2.41. The Bertz CT molecular complexity index is 801. The number of carbonyl (C=O) groups is 1. The van der Waals surface area contributed by atoms with Gasteiger partial charge in [-0.25, -0.2) is 14.8 Å². The maximum Gasteiger partial charge on any atom is 0.410 e. The molecule has 128 valence electrons. The molecule has 0 saturated carbocycles. The maximum absolute atomic E-state index is 12.3. The number of ether oxygens (including phenoxy) is 1. The van der Waals surface area contributed by atoms with Gasteiger partial charge in [-0.1, -0.05) is 0 Å². The molecule has 0 aliphatic carbocycles. The Hall–Kier alpha value is -2.44. The lowest BCUT2D eigenvalue weighted by atomic mass is 9.90. The summed E-state index contributed by atoms with van der Waals surface area (Å²) in [6.07, 6.45) is 4.29. The van der Waals surface area contributed by atoms with Crippen LogP contribution < -0.4 is 5.56 Å². The summed E-state index contributed by atoms with van der Waals surface area (Å²) in [5.41, 5.74) is 0.673. The number of hydrogen-bond acceptors (Lipinski definition) is 5. The zero-order valence-corrected chi connectivity index (χ0v) is 14.2. The highest BCUT2D eigenvalue weighted by molar-refractivity contribution is 5.73. The van der Waals surface area contributed by atoms with E-state index in [1.165, 1.54) is 6.33 Å². The topological polar surface area (TPSA) is 88.2 Å². The van der Waals surface area contributed by atoms with Gasteiger partial charge in [-0.2, -0.15) is 0 Å². The summed E-state index contributed by atoms with van der Waals surface area (Å²) in [7, 11) is 0. The quantitative estimate of drug-likeness (QED) is 0.867. The van der Waals surface area contributed by atoms with Crippen LogP contribution in [0.4, 0.5) is 4.79 Å². The van der Waals surface area contributed by atoms with E-state index >= 15 is 0 Å². The van der Waals surface area contributed by atoms with Crippen molar-refractivity contribution < 1.29 is 9.53 Å². The number of aromatic amines is 1. The van der Waals surface area contributed by atoms with Crippen LogP contribution in [0, 0.1) is 0 Å². The van der Waals surface area contributed by atoms with E-state index < -0.39 is 5.60 Å². The second-order valence-electron chi connectivity index (χ2n) is 7.12. The van der Waals surface area contributed by atoms with Crippen molar-refractivity contribution in [3.05, 3.63) is 34.5 Å². The number of hydrogen-bond donors (Lipinski definition) is 1. The first-order valence-corrected chi connectivity index (χ1v) is 8.14. The molecule has 0 spiro atoms. The SMILES string of the molecule is CC(C)(C)OC(=O)N1CCC(c2cc3cncnc3[nH]c2=O)CC1. The molecule has 1 fully saturated rings. The Balaban J connectivity index is 1.72. The van der Waals surface area contributed by atoms with Crippen LogP contribution in [0.2, 0.25) is 0 Å². The van der Waals surface area contributed by atoms with Crippen molar-refractivity contribution in [2.24, 2.45) is 0 Å². The Labute approximate surface area is 140 Å². The summed E-state index contributed by atoms with van der Waals surface area (Å²) in [5.74, 6) is 0.122. The van der Waals surface area contributed by atoms with Crippen LogP contribution in [-0.4, -0.2) is 44.6 Å². The number of likely N-dealkylation sites (tertiary alicyclic amines) is 1. The predicted molar refractivity (Wildman–Crippen MR) is 89.9 cm³/mol. The average molecular weight is 330 g/mol. The first kappa shape index (κ1) is 16.4. The fourth-order valence-electron chi connectivity index (χ4n) is 2.97. The van der Waals surface area contributed by atoms with Crippen LogP contribution in [-0.2, 0) is 4.74 Å². The van der Waals surface area contributed by atoms with Gasteiger partial charge in [0, 0.05) is 30.2 Å². The van der Waals surface area contributed by atoms with E-state index in [1.54, 1.807) is 11.1 Å². The van der Waals surface area contributed by atoms with Crippen LogP contribution >= 0.6 is 0 Å². The summed E-state index contributed by atoms with van der Waals surface area (Å²) in [6, 6.07) is 1.86. The Morgan fingerprint density at radius 1 is 1.33 bits per heavy atom. The van der Waals surface area contributed by atoms with Crippen LogP contribution in [0.3, 0.4) is 0 Å². The second kappa shape index (κ2) is 6.22. The van der Waals surface area contributed by atoms with Gasteiger partial charge < -0.3 is 14.6 Å². The summed E-state index contributed by atoms with van der Waals surface area (Å²) in [5, 5.41) is 0.821. The fraction of sp³-hybridized carbons (Fsp3) is 0.529. The van der Waals surface area contributed by atoms with Crippen LogP contribution in [0.5, 0.6) is 0 Å². The Kier molecular flexibility index (Phi) is 4.26. The molecule has 24 heavy (non-hydrogen) atoms. The third-order valence-corrected chi connectivity index (χ3v) is 4.13. The molecule has 0 radical (unpaired) electrons. The molecule has 0 aromatic carbocycles. The Morgan fingerprint density at radius 3 is 2.71 bits per heavy atom. The normalized spacial score (nSPS) is 16.4. The van der Waals surface area contributed by atoms with Crippen LogP contribution in [0.1, 0.15) is 45.1 Å². The highest BCUT2D eigenvalue weighted by atomic mass is 16.6. The molecular weight excluding hydrogens is 308 g/mol. The van der Waals surface area contributed by atoms with Crippen molar-refractivity contribution in [2.45, 2.75) is 45.1 Å². The molecule has 1 aliphatic heterocycles. The molecule has 7 nitrogen and oxygen atoms in total. The average Bonchev–Trinajstić information content (AvgIpc) is 2.53. The summed E-state index contributed by atoms with van der Waals surface area (Å²) >= 11 is 0. The van der Waals surface area contributed by atoms with Crippen molar-refractivity contribution in [1.29, 1.82) is 0 Å². The number of rotatable bonds is 1. The van der Waals surface area contributed by atoms with Gasteiger partial charge in [0.1, 0.15) is 17.6 Å². The number of nitrogens with zero attached hydrogens (tertiary/aromatic N) is 3.